The molecular formula is C37H42Br2O2. The molecule has 2 aliphatic rings. The maximum Gasteiger partial charge on any atom is 0.156 e. The van der Waals surface area contributed by atoms with Gasteiger partial charge in [0.05, 0.1) is 0 Å². The molecule has 216 valence electrons. The van der Waals surface area contributed by atoms with E-state index in [1.807, 2.05) is 14.2 Å². The third kappa shape index (κ3) is 4.74. The lowest BCUT2D eigenvalue weighted by Crippen LogP contribution is -2.56. The molecule has 0 spiro atoms. The first-order valence-electron chi connectivity index (χ1n) is 14.4. The van der Waals surface area contributed by atoms with Gasteiger partial charge in [0.1, 0.15) is 0 Å². The Labute approximate surface area is 263 Å². The van der Waals surface area contributed by atoms with Crippen LogP contribution in [-0.2, 0) is 31.5 Å². The fourth-order valence-corrected chi connectivity index (χ4v) is 8.02. The fraction of sp³-hybridized carbons (Fsp3) is 0.405. The molecule has 41 heavy (non-hydrogen) atoms. The molecule has 2 aliphatic carbocycles. The number of hydrogen-bond acceptors (Lipinski definition) is 2. The standard InChI is InChI=1S/C37H42Br2O2/c1-23-20-29(39)22-32-33(23)30-19-18-28(38)21-31(30)36(40-8,26-14-10-24(11-15-26)34(2,3)4)37(32,41-9)27-16-12-25(13-17-27)35(5,6)7/h10-19,21-23H,20H2,1-9H3. The molecule has 0 saturated carbocycles. The highest BCUT2D eigenvalue weighted by molar-refractivity contribution is 9.11. The number of fused-ring (bicyclic) bond motifs is 2. The molecule has 2 nitrogen and oxygen atoms in total. The summed E-state index contributed by atoms with van der Waals surface area (Å²) in [6.45, 7) is 15.8. The number of halogens is 2. The van der Waals surface area contributed by atoms with Gasteiger partial charge in [-0.2, -0.15) is 0 Å². The average molecular weight is 679 g/mol. The summed E-state index contributed by atoms with van der Waals surface area (Å²) in [5.41, 5.74) is 7.62. The minimum absolute atomic E-state index is 0.0372. The van der Waals surface area contributed by atoms with E-state index < -0.39 is 11.2 Å². The van der Waals surface area contributed by atoms with Crippen molar-refractivity contribution in [3.8, 4) is 0 Å². The van der Waals surface area contributed by atoms with Crippen LogP contribution in [0.1, 0.15) is 88.3 Å². The number of allylic oxidation sites excluding steroid dienone is 2. The van der Waals surface area contributed by atoms with E-state index in [0.29, 0.717) is 5.92 Å². The molecule has 5 rings (SSSR count). The van der Waals surface area contributed by atoms with E-state index in [4.69, 9.17) is 9.47 Å². The lowest BCUT2D eigenvalue weighted by molar-refractivity contribution is -0.156. The van der Waals surface area contributed by atoms with E-state index in [1.165, 1.54) is 26.7 Å². The van der Waals surface area contributed by atoms with Crippen molar-refractivity contribution in [3.63, 3.8) is 0 Å². The number of ether oxygens (including phenoxy) is 2. The summed E-state index contributed by atoms with van der Waals surface area (Å²) >= 11 is 7.71. The SMILES string of the molecule is COC1(c2ccc(C(C)(C)C)cc2)C2=C(c3ccc(Br)cc3C1(OC)c1ccc(C(C)(C)C)cc1)C(C)CC(Br)=C2. The topological polar surface area (TPSA) is 18.5 Å². The van der Waals surface area contributed by atoms with Gasteiger partial charge in [0, 0.05) is 24.3 Å². The third-order valence-electron chi connectivity index (χ3n) is 9.04. The van der Waals surface area contributed by atoms with Crippen molar-refractivity contribution in [2.45, 2.75) is 76.9 Å². The molecule has 0 fully saturated rings. The molecule has 3 atom stereocenters. The van der Waals surface area contributed by atoms with Gasteiger partial charge in [0.2, 0.25) is 0 Å². The Kier molecular flexibility index (Phi) is 7.90. The minimum Gasteiger partial charge on any atom is -0.365 e. The Morgan fingerprint density at radius 3 is 1.66 bits per heavy atom. The van der Waals surface area contributed by atoms with E-state index in [2.05, 4.69) is 153 Å². The van der Waals surface area contributed by atoms with Crippen LogP contribution in [-0.4, -0.2) is 14.2 Å². The maximum absolute atomic E-state index is 6.95. The second-order valence-electron chi connectivity index (χ2n) is 13.6. The van der Waals surface area contributed by atoms with Gasteiger partial charge in [0.15, 0.2) is 11.2 Å². The van der Waals surface area contributed by atoms with Gasteiger partial charge in [-0.25, -0.2) is 0 Å². The Morgan fingerprint density at radius 2 is 1.20 bits per heavy atom. The smallest absolute Gasteiger partial charge is 0.156 e. The summed E-state index contributed by atoms with van der Waals surface area (Å²) in [6.07, 6.45) is 3.23. The Morgan fingerprint density at radius 1 is 0.707 bits per heavy atom. The van der Waals surface area contributed by atoms with E-state index >= 15 is 0 Å². The molecule has 3 aromatic rings. The van der Waals surface area contributed by atoms with Crippen LogP contribution >= 0.6 is 31.9 Å². The molecule has 0 radical (unpaired) electrons. The molecule has 0 amide bonds. The van der Waals surface area contributed by atoms with Gasteiger partial charge in [-0.05, 0) is 84.8 Å². The molecule has 0 heterocycles. The zero-order chi connectivity index (χ0) is 30.0. The second-order valence-corrected chi connectivity index (χ2v) is 15.6. The molecule has 3 aromatic carbocycles. The van der Waals surface area contributed by atoms with Crippen LogP contribution in [0, 0.1) is 5.92 Å². The van der Waals surface area contributed by atoms with E-state index in [-0.39, 0.29) is 10.8 Å². The van der Waals surface area contributed by atoms with Crippen molar-refractivity contribution in [1.29, 1.82) is 0 Å². The van der Waals surface area contributed by atoms with Gasteiger partial charge < -0.3 is 9.47 Å². The summed E-state index contributed by atoms with van der Waals surface area (Å²) in [6, 6.07) is 24.6. The van der Waals surface area contributed by atoms with E-state index in [0.717, 1.165) is 33.2 Å². The van der Waals surface area contributed by atoms with Crippen LogP contribution in [0.3, 0.4) is 0 Å². The molecule has 4 heteroatoms. The quantitative estimate of drug-likeness (QED) is 0.274. The first kappa shape index (κ1) is 30.5. The van der Waals surface area contributed by atoms with Gasteiger partial charge in [-0.3, -0.25) is 0 Å². The van der Waals surface area contributed by atoms with Crippen LogP contribution in [0.15, 0.2) is 87.3 Å². The highest BCUT2D eigenvalue weighted by atomic mass is 79.9. The lowest BCUT2D eigenvalue weighted by atomic mass is 9.57. The Bertz CT molecular complexity index is 1520. The largest absolute Gasteiger partial charge is 0.365 e. The van der Waals surface area contributed by atoms with Crippen molar-refractivity contribution in [3.05, 3.63) is 121 Å². The summed E-state index contributed by atoms with van der Waals surface area (Å²) in [4.78, 5) is 0. The first-order valence-corrected chi connectivity index (χ1v) is 16.0. The minimum atomic E-state index is -0.972. The predicted molar refractivity (Wildman–Crippen MR) is 179 cm³/mol. The lowest BCUT2D eigenvalue weighted by Gasteiger charge is -2.55. The molecule has 0 bridgehead atoms. The van der Waals surface area contributed by atoms with Crippen LogP contribution in [0.25, 0.3) is 5.57 Å². The zero-order valence-corrected chi connectivity index (χ0v) is 29.0. The van der Waals surface area contributed by atoms with Crippen LogP contribution in [0.2, 0.25) is 0 Å². The summed E-state index contributed by atoms with van der Waals surface area (Å²) in [7, 11) is 3.67. The van der Waals surface area contributed by atoms with E-state index in [9.17, 15) is 0 Å². The molecule has 0 aliphatic heterocycles. The normalized spacial score (nSPS) is 24.6. The number of hydrogen-bond donors (Lipinski definition) is 0. The van der Waals surface area contributed by atoms with Crippen LogP contribution < -0.4 is 0 Å². The summed E-state index contributed by atoms with van der Waals surface area (Å²) in [5.74, 6) is 0.297. The molecular weight excluding hydrogens is 636 g/mol. The Balaban J connectivity index is 1.95. The second kappa shape index (κ2) is 10.6. The maximum atomic E-state index is 6.95. The van der Waals surface area contributed by atoms with Crippen molar-refractivity contribution >= 4 is 37.4 Å². The van der Waals surface area contributed by atoms with Gasteiger partial charge in [-0.1, -0.05) is 135 Å². The first-order chi connectivity index (χ1) is 19.2. The van der Waals surface area contributed by atoms with E-state index in [1.54, 1.807) is 0 Å². The molecule has 0 saturated heterocycles. The van der Waals surface area contributed by atoms with Crippen LogP contribution in [0.5, 0.6) is 0 Å². The molecule has 0 N–H and O–H groups in total. The zero-order valence-electron chi connectivity index (χ0n) is 25.8. The highest BCUT2D eigenvalue weighted by Gasteiger charge is 2.62. The van der Waals surface area contributed by atoms with Crippen LogP contribution in [0.4, 0.5) is 0 Å². The van der Waals surface area contributed by atoms with Gasteiger partial charge in [0.25, 0.3) is 0 Å². The van der Waals surface area contributed by atoms with Crippen molar-refractivity contribution in [2.75, 3.05) is 14.2 Å². The average Bonchev–Trinajstić information content (AvgIpc) is 2.91. The number of methoxy groups -OCH3 is 2. The van der Waals surface area contributed by atoms with Crippen molar-refractivity contribution in [2.24, 2.45) is 5.92 Å². The summed E-state index contributed by atoms with van der Waals surface area (Å²) < 4.78 is 16.1. The third-order valence-corrected chi connectivity index (χ3v) is 10.1. The molecule has 0 aromatic heterocycles. The van der Waals surface area contributed by atoms with Crippen molar-refractivity contribution < 1.29 is 9.47 Å². The number of benzene rings is 3. The van der Waals surface area contributed by atoms with Crippen molar-refractivity contribution in [1.82, 2.24) is 0 Å². The molecule has 3 unspecified atom stereocenters. The number of rotatable bonds is 4. The van der Waals surface area contributed by atoms with Gasteiger partial charge in [-0.15, -0.1) is 0 Å². The predicted octanol–water partition coefficient (Wildman–Crippen LogP) is 10.6. The monoisotopic (exact) mass is 676 g/mol. The summed E-state index contributed by atoms with van der Waals surface area (Å²) in [5, 5.41) is 0. The Hall–Kier alpha value is -1.98. The highest BCUT2D eigenvalue weighted by Crippen LogP contribution is 2.63. The fourth-order valence-electron chi connectivity index (χ4n) is 6.95. The van der Waals surface area contributed by atoms with Gasteiger partial charge >= 0.3 is 0 Å².